The number of methoxy groups -OCH3 is 2. The van der Waals surface area contributed by atoms with Crippen LogP contribution in [0.4, 0.5) is 22.2 Å². The van der Waals surface area contributed by atoms with Gasteiger partial charge < -0.3 is 29.3 Å². The number of nitrogens with one attached hydrogen (secondary N) is 1. The summed E-state index contributed by atoms with van der Waals surface area (Å²) in [5.74, 6) is 2.22. The summed E-state index contributed by atoms with van der Waals surface area (Å²) in [5, 5.41) is 3.19. The topological polar surface area (TPSA) is 109 Å². The first-order valence-corrected chi connectivity index (χ1v) is 16.0. The molecule has 254 valence electrons. The molecule has 11 nitrogen and oxygen atoms in total. The number of amides is 2. The van der Waals surface area contributed by atoms with Crippen molar-refractivity contribution in [3.05, 3.63) is 94.7 Å². The van der Waals surface area contributed by atoms with Crippen LogP contribution in [0.25, 0.3) is 0 Å². The zero-order chi connectivity index (χ0) is 34.8. The smallest absolute Gasteiger partial charge is 0.421 e. The van der Waals surface area contributed by atoms with E-state index in [0.717, 1.165) is 41.9 Å². The average Bonchev–Trinajstić information content (AvgIpc) is 3.08. The Bertz CT molecular complexity index is 1660. The number of hydrogen-bond donors (Lipinski definition) is 1. The first kappa shape index (κ1) is 35.7. The number of carbonyl (C=O) groups is 2. The van der Waals surface area contributed by atoms with Gasteiger partial charge in [-0.05, 0) is 93.0 Å². The summed E-state index contributed by atoms with van der Waals surface area (Å²) in [6.07, 6.45) is 0.965. The van der Waals surface area contributed by atoms with Crippen LogP contribution in [0, 0.1) is 20.8 Å². The monoisotopic (exact) mass is 654 g/mol. The molecule has 4 aromatic rings. The van der Waals surface area contributed by atoms with Gasteiger partial charge >= 0.3 is 6.09 Å². The average molecular weight is 655 g/mol. The van der Waals surface area contributed by atoms with Crippen molar-refractivity contribution in [2.75, 3.05) is 57.7 Å². The van der Waals surface area contributed by atoms with E-state index in [4.69, 9.17) is 14.2 Å². The minimum atomic E-state index is -0.607. The van der Waals surface area contributed by atoms with Gasteiger partial charge in [0, 0.05) is 43.7 Å². The minimum absolute atomic E-state index is 0.0469. The largest absolute Gasteiger partial charge is 0.497 e. The van der Waals surface area contributed by atoms with Crippen molar-refractivity contribution in [2.24, 2.45) is 0 Å². The Morgan fingerprint density at radius 1 is 0.833 bits per heavy atom. The van der Waals surface area contributed by atoms with Crippen LogP contribution in [0.3, 0.4) is 0 Å². The first-order valence-electron chi connectivity index (χ1n) is 16.0. The molecule has 0 aliphatic heterocycles. The molecule has 0 saturated heterocycles. The molecule has 0 bridgehead atoms. The zero-order valence-corrected chi connectivity index (χ0v) is 29.2. The molecular formula is C37H46N6O5. The second-order valence-electron chi connectivity index (χ2n) is 11.6. The molecule has 0 saturated carbocycles. The van der Waals surface area contributed by atoms with Crippen LogP contribution in [-0.4, -0.2) is 79.2 Å². The SMILES string of the molecule is CCN(CC)CCN(C)C(=O)c1ccc(Nc2nccc(N(Cc3cc(OC)cc(OC)c3)C(=O)Oc3c(C)cc(C)cc3C)n2)cc1. The summed E-state index contributed by atoms with van der Waals surface area (Å²) in [4.78, 5) is 41.4. The lowest BCUT2D eigenvalue weighted by Crippen LogP contribution is -2.36. The molecule has 0 spiro atoms. The third-order valence-electron chi connectivity index (χ3n) is 8.06. The molecule has 0 radical (unpaired) electrons. The highest BCUT2D eigenvalue weighted by molar-refractivity contribution is 5.94. The quantitative estimate of drug-likeness (QED) is 0.157. The number of hydrogen-bond acceptors (Lipinski definition) is 9. The van der Waals surface area contributed by atoms with E-state index in [1.807, 2.05) is 52.1 Å². The van der Waals surface area contributed by atoms with E-state index in [0.29, 0.717) is 40.9 Å². The molecule has 4 rings (SSSR count). The number of anilines is 3. The minimum Gasteiger partial charge on any atom is -0.497 e. The number of benzene rings is 3. The van der Waals surface area contributed by atoms with Crippen LogP contribution in [0.15, 0.2) is 66.9 Å². The number of nitrogens with zero attached hydrogens (tertiary/aromatic N) is 5. The number of rotatable bonds is 14. The molecular weight excluding hydrogens is 608 g/mol. The van der Waals surface area contributed by atoms with Gasteiger partial charge in [-0.25, -0.2) is 9.78 Å². The van der Waals surface area contributed by atoms with Gasteiger partial charge in [0.1, 0.15) is 23.1 Å². The third-order valence-corrected chi connectivity index (χ3v) is 8.06. The second-order valence-corrected chi connectivity index (χ2v) is 11.6. The van der Waals surface area contributed by atoms with Crippen LogP contribution in [0.1, 0.15) is 46.5 Å². The van der Waals surface area contributed by atoms with E-state index < -0.39 is 6.09 Å². The molecule has 0 aliphatic rings. The zero-order valence-electron chi connectivity index (χ0n) is 29.2. The number of carbonyl (C=O) groups excluding carboxylic acids is 2. The van der Waals surface area contributed by atoms with Crippen molar-refractivity contribution in [2.45, 2.75) is 41.2 Å². The Kier molecular flexibility index (Phi) is 12.3. The molecule has 3 aromatic carbocycles. The van der Waals surface area contributed by atoms with E-state index in [1.165, 1.54) is 4.90 Å². The number of likely N-dealkylation sites (N-methyl/N-ethyl adjacent to an activating group) is 2. The van der Waals surface area contributed by atoms with Crippen LogP contribution >= 0.6 is 0 Å². The molecule has 0 fully saturated rings. The van der Waals surface area contributed by atoms with E-state index >= 15 is 0 Å². The van der Waals surface area contributed by atoms with Crippen LogP contribution in [-0.2, 0) is 6.54 Å². The van der Waals surface area contributed by atoms with Crippen molar-refractivity contribution >= 4 is 29.5 Å². The summed E-state index contributed by atoms with van der Waals surface area (Å²) < 4.78 is 16.9. The first-order chi connectivity index (χ1) is 23.0. The predicted molar refractivity (Wildman–Crippen MR) is 189 cm³/mol. The number of ether oxygens (including phenoxy) is 3. The maximum Gasteiger partial charge on any atom is 0.421 e. The molecule has 0 unspecified atom stereocenters. The maximum absolute atomic E-state index is 13.9. The molecule has 1 N–H and O–H groups in total. The van der Waals surface area contributed by atoms with Crippen molar-refractivity contribution in [3.8, 4) is 17.2 Å². The van der Waals surface area contributed by atoms with E-state index in [9.17, 15) is 9.59 Å². The lowest BCUT2D eigenvalue weighted by molar-refractivity contribution is 0.0779. The molecule has 2 amide bonds. The van der Waals surface area contributed by atoms with Crippen LogP contribution < -0.4 is 24.4 Å². The van der Waals surface area contributed by atoms with Crippen molar-refractivity contribution in [3.63, 3.8) is 0 Å². The van der Waals surface area contributed by atoms with Gasteiger partial charge in [0.2, 0.25) is 5.95 Å². The molecule has 0 atom stereocenters. The van der Waals surface area contributed by atoms with E-state index in [-0.39, 0.29) is 18.4 Å². The van der Waals surface area contributed by atoms with Crippen molar-refractivity contribution < 1.29 is 23.8 Å². The van der Waals surface area contributed by atoms with E-state index in [1.54, 1.807) is 61.7 Å². The Balaban J connectivity index is 1.58. The Morgan fingerprint density at radius 2 is 1.46 bits per heavy atom. The van der Waals surface area contributed by atoms with Gasteiger partial charge in [-0.1, -0.05) is 31.5 Å². The number of aromatic nitrogens is 2. The number of aryl methyl sites for hydroxylation is 3. The molecule has 0 aliphatic carbocycles. The van der Waals surface area contributed by atoms with Gasteiger partial charge in [0.15, 0.2) is 0 Å². The van der Waals surface area contributed by atoms with Gasteiger partial charge in [-0.15, -0.1) is 0 Å². The molecule has 1 aromatic heterocycles. The summed E-state index contributed by atoms with van der Waals surface area (Å²) in [5.41, 5.74) is 4.80. The highest BCUT2D eigenvalue weighted by Crippen LogP contribution is 2.29. The lowest BCUT2D eigenvalue weighted by atomic mass is 10.1. The van der Waals surface area contributed by atoms with Gasteiger partial charge in [0.05, 0.1) is 20.8 Å². The van der Waals surface area contributed by atoms with Crippen molar-refractivity contribution in [1.82, 2.24) is 19.8 Å². The predicted octanol–water partition coefficient (Wildman–Crippen LogP) is 6.78. The summed E-state index contributed by atoms with van der Waals surface area (Å²) in [7, 11) is 4.96. The lowest BCUT2D eigenvalue weighted by Gasteiger charge is -2.23. The third kappa shape index (κ3) is 9.22. The van der Waals surface area contributed by atoms with Gasteiger partial charge in [0.25, 0.3) is 5.91 Å². The standard InChI is InChI=1S/C37H46N6O5/c1-9-42(10-2)18-17-41(6)35(44)29-11-13-30(14-12-29)39-36-38-16-15-33(40-36)43(24-28-21-31(46-7)23-32(22-28)47-8)37(45)48-34-26(4)19-25(3)20-27(34)5/h11-16,19-23H,9-10,17-18,24H2,1-8H3,(H,38,39,40). The summed E-state index contributed by atoms with van der Waals surface area (Å²) >= 11 is 0. The Hall–Kier alpha value is -5.16. The maximum atomic E-state index is 13.9. The normalized spacial score (nSPS) is 10.9. The van der Waals surface area contributed by atoms with Gasteiger partial charge in [-0.2, -0.15) is 4.98 Å². The fraction of sp³-hybridized carbons (Fsp3) is 0.351. The van der Waals surface area contributed by atoms with E-state index in [2.05, 4.69) is 34.0 Å². The highest BCUT2D eigenvalue weighted by atomic mass is 16.6. The Morgan fingerprint density at radius 3 is 2.04 bits per heavy atom. The second kappa shape index (κ2) is 16.6. The molecule has 48 heavy (non-hydrogen) atoms. The molecule has 11 heteroatoms. The van der Waals surface area contributed by atoms with Crippen LogP contribution in [0.5, 0.6) is 17.2 Å². The summed E-state index contributed by atoms with van der Waals surface area (Å²) in [6.45, 7) is 13.5. The summed E-state index contributed by atoms with van der Waals surface area (Å²) in [6, 6.07) is 18.2. The fourth-order valence-electron chi connectivity index (χ4n) is 5.39. The van der Waals surface area contributed by atoms with Crippen LogP contribution in [0.2, 0.25) is 0 Å². The fourth-order valence-corrected chi connectivity index (χ4v) is 5.39. The Labute approximate surface area is 283 Å². The van der Waals surface area contributed by atoms with Crippen molar-refractivity contribution in [1.29, 1.82) is 0 Å². The van der Waals surface area contributed by atoms with Gasteiger partial charge in [-0.3, -0.25) is 9.69 Å². The highest BCUT2D eigenvalue weighted by Gasteiger charge is 2.23. The molecule has 1 heterocycles.